The lowest BCUT2D eigenvalue weighted by Gasteiger charge is -2.20. The number of amides is 3. The minimum atomic E-state index is -1.13. The van der Waals surface area contributed by atoms with E-state index in [0.717, 1.165) is 22.0 Å². The van der Waals surface area contributed by atoms with Crippen molar-refractivity contribution in [1.82, 2.24) is 5.01 Å². The first kappa shape index (κ1) is 18.9. The molecule has 2 aromatic rings. The fraction of sp³-hybridized carbons (Fsp3) is 0.167. The van der Waals surface area contributed by atoms with Gasteiger partial charge in [0.2, 0.25) is 5.91 Å². The Morgan fingerprint density at radius 1 is 1.10 bits per heavy atom. The zero-order valence-electron chi connectivity index (χ0n) is 14.6. The van der Waals surface area contributed by atoms with Gasteiger partial charge in [0.25, 0.3) is 11.8 Å². The van der Waals surface area contributed by atoms with Crippen LogP contribution in [0.3, 0.4) is 0 Å². The molecule has 0 aromatic heterocycles. The van der Waals surface area contributed by atoms with E-state index < -0.39 is 48.0 Å². The van der Waals surface area contributed by atoms with Crippen molar-refractivity contribution in [3.8, 4) is 0 Å². The Labute approximate surface area is 167 Å². The maximum atomic E-state index is 13.7. The molecule has 29 heavy (non-hydrogen) atoms. The summed E-state index contributed by atoms with van der Waals surface area (Å²) >= 11 is 5.74. The van der Waals surface area contributed by atoms with Gasteiger partial charge in [-0.2, -0.15) is 5.11 Å². The maximum absolute atomic E-state index is 13.7. The van der Waals surface area contributed by atoms with Gasteiger partial charge in [0, 0.05) is 0 Å². The predicted octanol–water partition coefficient (Wildman–Crippen LogP) is 2.55. The van der Waals surface area contributed by atoms with Crippen molar-refractivity contribution in [2.45, 2.75) is 12.1 Å². The molecule has 2 aliphatic rings. The van der Waals surface area contributed by atoms with Gasteiger partial charge in [0.05, 0.1) is 16.4 Å². The third-order valence-corrected chi connectivity index (χ3v) is 4.76. The first-order chi connectivity index (χ1) is 13.9. The van der Waals surface area contributed by atoms with Crippen molar-refractivity contribution in [3.63, 3.8) is 0 Å². The van der Waals surface area contributed by atoms with Crippen molar-refractivity contribution in [3.05, 3.63) is 59.1 Å². The average molecular weight is 420 g/mol. The summed E-state index contributed by atoms with van der Waals surface area (Å²) in [5.74, 6) is -3.29. The van der Waals surface area contributed by atoms with Crippen LogP contribution in [-0.4, -0.2) is 41.4 Å². The van der Waals surface area contributed by atoms with Crippen LogP contribution in [0, 0.1) is 11.6 Å². The minimum absolute atomic E-state index is 0.0263. The molecule has 0 saturated carbocycles. The number of carbonyl (C=O) groups excluding carboxylic acids is 3. The molecule has 11 heteroatoms. The van der Waals surface area contributed by atoms with Crippen LogP contribution in [0.2, 0.25) is 5.02 Å². The van der Waals surface area contributed by atoms with Crippen LogP contribution in [0.15, 0.2) is 52.8 Å². The molecule has 3 amide bonds. The Morgan fingerprint density at radius 2 is 1.86 bits per heavy atom. The smallest absolute Gasteiger partial charge is 0.263 e. The van der Waals surface area contributed by atoms with E-state index in [1.807, 2.05) is 0 Å². The van der Waals surface area contributed by atoms with E-state index in [1.54, 1.807) is 6.07 Å². The number of benzene rings is 2. The minimum Gasteiger partial charge on any atom is -0.322 e. The molecule has 2 aromatic carbocycles. The molecule has 0 aliphatic carbocycles. The Balaban J connectivity index is 1.51. The van der Waals surface area contributed by atoms with Crippen LogP contribution >= 0.6 is 11.6 Å². The Hall–Kier alpha value is -3.40. The summed E-state index contributed by atoms with van der Waals surface area (Å²) in [6.45, 7) is -0.421. The highest BCUT2D eigenvalue weighted by Gasteiger charge is 2.55. The lowest BCUT2D eigenvalue weighted by molar-refractivity contribution is -0.123. The molecule has 0 bridgehead atoms. The molecule has 2 unspecified atom stereocenters. The predicted molar refractivity (Wildman–Crippen MR) is 98.1 cm³/mol. The lowest BCUT2D eigenvalue weighted by Crippen LogP contribution is -2.43. The number of rotatable bonds is 4. The van der Waals surface area contributed by atoms with Gasteiger partial charge in [-0.25, -0.2) is 13.7 Å². The lowest BCUT2D eigenvalue weighted by atomic mass is 10.1. The fourth-order valence-corrected chi connectivity index (χ4v) is 3.31. The van der Waals surface area contributed by atoms with E-state index >= 15 is 0 Å². The van der Waals surface area contributed by atoms with Crippen LogP contribution in [0.25, 0.3) is 0 Å². The number of anilines is 2. The fourth-order valence-electron chi connectivity index (χ4n) is 3.13. The first-order valence-corrected chi connectivity index (χ1v) is 8.79. The monoisotopic (exact) mass is 419 g/mol. The number of para-hydroxylation sites is 1. The van der Waals surface area contributed by atoms with E-state index in [-0.39, 0.29) is 16.4 Å². The Morgan fingerprint density at radius 3 is 2.59 bits per heavy atom. The number of hydrogen-bond acceptors (Lipinski definition) is 6. The van der Waals surface area contributed by atoms with Gasteiger partial charge in [-0.05, 0) is 30.3 Å². The van der Waals surface area contributed by atoms with Crippen LogP contribution in [0.4, 0.5) is 20.2 Å². The summed E-state index contributed by atoms with van der Waals surface area (Å²) in [5, 5.41) is 10.7. The van der Waals surface area contributed by atoms with E-state index in [9.17, 15) is 23.2 Å². The van der Waals surface area contributed by atoms with Crippen molar-refractivity contribution in [1.29, 1.82) is 0 Å². The van der Waals surface area contributed by atoms with Crippen molar-refractivity contribution < 1.29 is 23.2 Å². The molecule has 1 fully saturated rings. The molecule has 1 saturated heterocycles. The number of nitrogens with zero attached hydrogens (tertiary/aromatic N) is 4. The van der Waals surface area contributed by atoms with Gasteiger partial charge >= 0.3 is 0 Å². The second kappa shape index (κ2) is 7.21. The third-order valence-electron chi connectivity index (χ3n) is 4.47. The van der Waals surface area contributed by atoms with E-state index in [4.69, 9.17) is 11.6 Å². The molecular weight excluding hydrogens is 408 g/mol. The molecule has 2 atom stereocenters. The zero-order valence-corrected chi connectivity index (χ0v) is 15.3. The zero-order chi connectivity index (χ0) is 20.7. The first-order valence-electron chi connectivity index (χ1n) is 8.41. The number of fused-ring (bicyclic) bond motifs is 1. The van der Waals surface area contributed by atoms with Crippen LogP contribution in [0.1, 0.15) is 0 Å². The second-order valence-corrected chi connectivity index (χ2v) is 6.74. The highest BCUT2D eigenvalue weighted by atomic mass is 35.5. The van der Waals surface area contributed by atoms with E-state index in [1.165, 1.54) is 24.3 Å². The standard InChI is InChI=1S/C18H12ClF2N5O3/c19-10-7-9(5-6-11(10)20)26-17(28)15-16(18(26)29)25(24-23-15)8-14(27)22-13-4-2-1-3-12(13)21/h1-7,15-16H,8H2,(H,22,27). The summed E-state index contributed by atoms with van der Waals surface area (Å²) in [5.41, 5.74) is 0.0633. The number of carbonyl (C=O) groups is 3. The summed E-state index contributed by atoms with van der Waals surface area (Å²) in [4.78, 5) is 38.5. The quantitative estimate of drug-likeness (QED) is 0.770. The van der Waals surface area contributed by atoms with E-state index in [0.29, 0.717) is 0 Å². The Kier molecular flexibility index (Phi) is 4.71. The number of halogens is 3. The van der Waals surface area contributed by atoms with Gasteiger partial charge in [-0.1, -0.05) is 29.0 Å². The molecule has 0 radical (unpaired) electrons. The number of imide groups is 1. The summed E-state index contributed by atoms with van der Waals surface area (Å²) in [6, 6.07) is 6.76. The van der Waals surface area contributed by atoms with Crippen molar-refractivity contribution >= 4 is 40.7 Å². The van der Waals surface area contributed by atoms with Crippen LogP contribution < -0.4 is 10.2 Å². The molecule has 0 spiro atoms. The normalized spacial score (nSPS) is 20.4. The van der Waals surface area contributed by atoms with E-state index in [2.05, 4.69) is 15.7 Å². The molecule has 4 rings (SSSR count). The number of nitrogens with one attached hydrogen (secondary N) is 1. The highest BCUT2D eigenvalue weighted by Crippen LogP contribution is 2.33. The van der Waals surface area contributed by atoms with Gasteiger partial charge in [-0.3, -0.25) is 19.4 Å². The Bertz CT molecular complexity index is 1060. The third kappa shape index (κ3) is 3.31. The largest absolute Gasteiger partial charge is 0.322 e. The molecule has 1 N–H and O–H groups in total. The summed E-state index contributed by atoms with van der Waals surface area (Å²) in [6.07, 6.45) is 0. The molecule has 2 heterocycles. The maximum Gasteiger partial charge on any atom is 0.263 e. The SMILES string of the molecule is O=C(CN1N=NC2C(=O)N(c3ccc(F)c(Cl)c3)C(=O)C21)Nc1ccccc1F. The summed E-state index contributed by atoms with van der Waals surface area (Å²) in [7, 11) is 0. The molecule has 148 valence electrons. The topological polar surface area (TPSA) is 94.4 Å². The van der Waals surface area contributed by atoms with Crippen molar-refractivity contribution in [2.24, 2.45) is 10.3 Å². The summed E-state index contributed by atoms with van der Waals surface area (Å²) < 4.78 is 27.1. The molecule has 2 aliphatic heterocycles. The molecule has 8 nitrogen and oxygen atoms in total. The van der Waals surface area contributed by atoms with Gasteiger partial charge in [0.1, 0.15) is 18.2 Å². The second-order valence-electron chi connectivity index (χ2n) is 6.33. The highest BCUT2D eigenvalue weighted by molar-refractivity contribution is 6.32. The number of hydrogen-bond donors (Lipinski definition) is 1. The average Bonchev–Trinajstić information content (AvgIpc) is 3.20. The van der Waals surface area contributed by atoms with Crippen molar-refractivity contribution in [2.75, 3.05) is 16.8 Å². The van der Waals surface area contributed by atoms with Gasteiger partial charge in [-0.15, -0.1) is 0 Å². The van der Waals surface area contributed by atoms with Gasteiger partial charge < -0.3 is 5.32 Å². The van der Waals surface area contributed by atoms with Crippen LogP contribution in [0.5, 0.6) is 0 Å². The van der Waals surface area contributed by atoms with Crippen LogP contribution in [-0.2, 0) is 14.4 Å². The molecular formula is C18H12ClF2N5O3. The van der Waals surface area contributed by atoms with Gasteiger partial charge in [0.15, 0.2) is 12.1 Å².